The first-order chi connectivity index (χ1) is 13.5. The molecule has 1 aromatic carbocycles. The van der Waals surface area contributed by atoms with Gasteiger partial charge in [-0.15, -0.1) is 0 Å². The molecule has 3 rings (SSSR count). The van der Waals surface area contributed by atoms with Gasteiger partial charge in [-0.05, 0) is 36.8 Å². The number of nitriles is 1. The Morgan fingerprint density at radius 1 is 1.25 bits per heavy atom. The molecule has 1 amide bonds. The Morgan fingerprint density at radius 3 is 2.50 bits per heavy atom. The molecule has 1 N–H and O–H groups in total. The number of benzene rings is 1. The Balaban J connectivity index is 2.03. The molecule has 6 heteroatoms. The number of hydrogen-bond donors (Lipinski definition) is 1. The Bertz CT molecular complexity index is 865. The number of para-hydroxylation sites is 2. The van der Waals surface area contributed by atoms with E-state index < -0.39 is 5.92 Å². The van der Waals surface area contributed by atoms with Gasteiger partial charge in [0.2, 0.25) is 5.91 Å². The molecule has 0 radical (unpaired) electrons. The molecule has 1 fully saturated rings. The molecular formula is C22H29N5O. The zero-order valence-electron chi connectivity index (χ0n) is 17.0. The van der Waals surface area contributed by atoms with Gasteiger partial charge < -0.3 is 10.2 Å². The first-order valence-corrected chi connectivity index (χ1v) is 10.2. The van der Waals surface area contributed by atoms with Crippen LogP contribution >= 0.6 is 0 Å². The fourth-order valence-electron chi connectivity index (χ4n) is 4.00. The van der Waals surface area contributed by atoms with Gasteiger partial charge in [0.05, 0.1) is 17.1 Å². The highest BCUT2D eigenvalue weighted by molar-refractivity contribution is 5.88. The number of aromatic nitrogens is 2. The molecule has 1 aromatic heterocycles. The number of nitrogens with one attached hydrogen (secondary N) is 1. The van der Waals surface area contributed by atoms with E-state index in [4.69, 9.17) is 9.97 Å². The summed E-state index contributed by atoms with van der Waals surface area (Å²) in [5.41, 5.74) is 1.97. The molecule has 28 heavy (non-hydrogen) atoms. The predicted octanol–water partition coefficient (Wildman–Crippen LogP) is 3.64. The van der Waals surface area contributed by atoms with Gasteiger partial charge in [0, 0.05) is 19.6 Å². The largest absolute Gasteiger partial charge is 0.355 e. The number of carbonyl (C=O) groups is 1. The average molecular weight is 380 g/mol. The quantitative estimate of drug-likeness (QED) is 0.775. The summed E-state index contributed by atoms with van der Waals surface area (Å²) in [5.74, 6) is 0.484. The van der Waals surface area contributed by atoms with Crippen molar-refractivity contribution in [2.75, 3.05) is 24.5 Å². The summed E-state index contributed by atoms with van der Waals surface area (Å²) < 4.78 is 0. The highest BCUT2D eigenvalue weighted by Crippen LogP contribution is 2.31. The number of carbonyl (C=O) groups excluding carboxylic acids is 1. The van der Waals surface area contributed by atoms with Crippen LogP contribution in [0.4, 0.5) is 5.82 Å². The van der Waals surface area contributed by atoms with Crippen LogP contribution in [0.15, 0.2) is 24.3 Å². The van der Waals surface area contributed by atoms with E-state index >= 15 is 0 Å². The standard InChI is InChI=1S/C22H29N5O/c1-4-5-10-24-22(28)17(12-23)20-21(27-13-15(2)11-16(3)14-27)26-19-9-7-6-8-18(19)25-20/h6-9,15-17H,4-5,10-11,13-14H2,1-3H3,(H,24,28)/t15-,16-,17-/m1/s1. The molecule has 0 aliphatic carbocycles. The molecule has 0 spiro atoms. The molecule has 0 bridgehead atoms. The summed E-state index contributed by atoms with van der Waals surface area (Å²) in [6.07, 6.45) is 3.05. The van der Waals surface area contributed by atoms with Gasteiger partial charge in [-0.1, -0.05) is 39.3 Å². The molecule has 3 atom stereocenters. The molecule has 0 unspecified atom stereocenters. The number of unbranched alkanes of at least 4 members (excludes halogenated alkanes) is 1. The average Bonchev–Trinajstić information content (AvgIpc) is 2.67. The van der Waals surface area contributed by atoms with Gasteiger partial charge in [-0.3, -0.25) is 4.79 Å². The van der Waals surface area contributed by atoms with Crippen molar-refractivity contribution in [1.29, 1.82) is 5.26 Å². The van der Waals surface area contributed by atoms with Crippen LogP contribution in [0.1, 0.15) is 51.6 Å². The van der Waals surface area contributed by atoms with Gasteiger partial charge in [-0.25, -0.2) is 9.97 Å². The van der Waals surface area contributed by atoms with E-state index in [1.807, 2.05) is 24.3 Å². The van der Waals surface area contributed by atoms with E-state index in [2.05, 4.69) is 37.1 Å². The van der Waals surface area contributed by atoms with Crippen LogP contribution in [0.2, 0.25) is 0 Å². The van der Waals surface area contributed by atoms with Gasteiger partial charge in [-0.2, -0.15) is 5.26 Å². The van der Waals surface area contributed by atoms with Crippen molar-refractivity contribution in [1.82, 2.24) is 15.3 Å². The summed E-state index contributed by atoms with van der Waals surface area (Å²) in [6, 6.07) is 9.80. The monoisotopic (exact) mass is 379 g/mol. The summed E-state index contributed by atoms with van der Waals surface area (Å²) in [5, 5.41) is 12.7. The van der Waals surface area contributed by atoms with Crippen LogP contribution in [0.25, 0.3) is 11.0 Å². The zero-order chi connectivity index (χ0) is 20.1. The molecule has 1 aliphatic heterocycles. The Hall–Kier alpha value is -2.68. The SMILES string of the molecule is CCCCNC(=O)[C@H](C#N)c1nc2ccccc2nc1N1C[C@H](C)C[C@@H](C)C1. The van der Waals surface area contributed by atoms with Crippen LogP contribution in [-0.4, -0.2) is 35.5 Å². The third-order valence-corrected chi connectivity index (χ3v) is 5.24. The van der Waals surface area contributed by atoms with Crippen LogP contribution in [-0.2, 0) is 4.79 Å². The van der Waals surface area contributed by atoms with Crippen molar-refractivity contribution in [2.24, 2.45) is 11.8 Å². The molecule has 1 aliphatic rings. The maximum atomic E-state index is 12.7. The summed E-state index contributed by atoms with van der Waals surface area (Å²) in [7, 11) is 0. The summed E-state index contributed by atoms with van der Waals surface area (Å²) in [4.78, 5) is 24.5. The van der Waals surface area contributed by atoms with E-state index in [0.29, 0.717) is 35.4 Å². The molecule has 2 heterocycles. The molecule has 2 aromatic rings. The van der Waals surface area contributed by atoms with Crippen LogP contribution < -0.4 is 10.2 Å². The number of amides is 1. The fourth-order valence-corrected chi connectivity index (χ4v) is 4.00. The highest BCUT2D eigenvalue weighted by Gasteiger charge is 2.31. The second-order valence-electron chi connectivity index (χ2n) is 7.98. The maximum absolute atomic E-state index is 12.7. The van der Waals surface area contributed by atoms with Gasteiger partial charge >= 0.3 is 0 Å². The summed E-state index contributed by atoms with van der Waals surface area (Å²) >= 11 is 0. The van der Waals surface area contributed by atoms with E-state index in [1.165, 1.54) is 6.42 Å². The Labute approximate surface area is 167 Å². The lowest BCUT2D eigenvalue weighted by atomic mass is 9.91. The Kier molecular flexibility index (Phi) is 6.45. The number of fused-ring (bicyclic) bond motifs is 1. The first kappa shape index (κ1) is 20.1. The lowest BCUT2D eigenvalue weighted by molar-refractivity contribution is -0.121. The minimum Gasteiger partial charge on any atom is -0.355 e. The van der Waals surface area contributed by atoms with Gasteiger partial charge in [0.1, 0.15) is 5.69 Å². The van der Waals surface area contributed by atoms with Crippen LogP contribution in [0, 0.1) is 23.2 Å². The van der Waals surface area contributed by atoms with Crippen molar-refractivity contribution in [3.63, 3.8) is 0 Å². The van der Waals surface area contributed by atoms with E-state index in [9.17, 15) is 10.1 Å². The molecule has 148 valence electrons. The second-order valence-corrected chi connectivity index (χ2v) is 7.98. The fraction of sp³-hybridized carbons (Fsp3) is 0.545. The van der Waals surface area contributed by atoms with E-state index in [1.54, 1.807) is 0 Å². The normalized spacial score (nSPS) is 20.6. The third-order valence-electron chi connectivity index (χ3n) is 5.24. The highest BCUT2D eigenvalue weighted by atomic mass is 16.1. The van der Waals surface area contributed by atoms with E-state index in [0.717, 1.165) is 31.4 Å². The zero-order valence-corrected chi connectivity index (χ0v) is 17.0. The number of hydrogen-bond acceptors (Lipinski definition) is 5. The number of piperidine rings is 1. The lowest BCUT2D eigenvalue weighted by Crippen LogP contribution is -2.40. The molecular weight excluding hydrogens is 350 g/mol. The van der Waals surface area contributed by atoms with Crippen molar-refractivity contribution >= 4 is 22.8 Å². The predicted molar refractivity (Wildman–Crippen MR) is 111 cm³/mol. The lowest BCUT2D eigenvalue weighted by Gasteiger charge is -2.36. The topological polar surface area (TPSA) is 81.9 Å². The second kappa shape index (κ2) is 9.01. The van der Waals surface area contributed by atoms with Gasteiger partial charge in [0.25, 0.3) is 0 Å². The summed E-state index contributed by atoms with van der Waals surface area (Å²) in [6.45, 7) is 8.83. The van der Waals surface area contributed by atoms with Crippen LogP contribution in [0.5, 0.6) is 0 Å². The number of anilines is 1. The Morgan fingerprint density at radius 2 is 1.89 bits per heavy atom. The first-order valence-electron chi connectivity index (χ1n) is 10.2. The van der Waals surface area contributed by atoms with E-state index in [-0.39, 0.29) is 5.91 Å². The third kappa shape index (κ3) is 4.41. The van der Waals surface area contributed by atoms with Gasteiger partial charge in [0.15, 0.2) is 11.7 Å². The smallest absolute Gasteiger partial charge is 0.243 e. The molecule has 6 nitrogen and oxygen atoms in total. The minimum atomic E-state index is -0.962. The molecule has 1 saturated heterocycles. The molecule has 0 saturated carbocycles. The van der Waals surface area contributed by atoms with Crippen molar-refractivity contribution < 1.29 is 4.79 Å². The number of nitrogens with zero attached hydrogens (tertiary/aromatic N) is 4. The number of rotatable bonds is 6. The van der Waals surface area contributed by atoms with Crippen molar-refractivity contribution in [2.45, 2.75) is 46.0 Å². The van der Waals surface area contributed by atoms with Crippen molar-refractivity contribution in [3.8, 4) is 6.07 Å². The minimum absolute atomic E-state index is 0.292. The maximum Gasteiger partial charge on any atom is 0.243 e. The van der Waals surface area contributed by atoms with Crippen LogP contribution in [0.3, 0.4) is 0 Å². The van der Waals surface area contributed by atoms with Crippen molar-refractivity contribution in [3.05, 3.63) is 30.0 Å².